The van der Waals surface area contributed by atoms with Gasteiger partial charge in [0.05, 0.1) is 38.9 Å². The van der Waals surface area contributed by atoms with Gasteiger partial charge in [-0.1, -0.05) is 0 Å². The standard InChI is InChI=1S/C15H30N4O4.HI/c1-4-16-14(17-6-5-13(20)22-3)18-11-15(2,21)12-19-7-9-23-10-8-19;/h21H,4-12H2,1-3H3,(H2,16,17,18);1H. The smallest absolute Gasteiger partial charge is 0.307 e. The van der Waals surface area contributed by atoms with Gasteiger partial charge < -0.3 is 25.2 Å². The monoisotopic (exact) mass is 458 g/mol. The number of β-amino-alcohol motifs (C(OH)–C–C–N with tert-alkyl or cyclic N) is 1. The molecule has 0 aromatic carbocycles. The van der Waals surface area contributed by atoms with Crippen LogP contribution in [-0.4, -0.2) is 87.1 Å². The van der Waals surface area contributed by atoms with Crippen molar-refractivity contribution in [2.45, 2.75) is 25.9 Å². The molecule has 1 aliphatic rings. The van der Waals surface area contributed by atoms with E-state index in [-0.39, 0.29) is 42.9 Å². The molecule has 24 heavy (non-hydrogen) atoms. The maximum atomic E-state index is 11.1. The highest BCUT2D eigenvalue weighted by Crippen LogP contribution is 2.09. The molecule has 1 atom stereocenters. The summed E-state index contributed by atoms with van der Waals surface area (Å²) in [4.78, 5) is 17.7. The Labute approximate surface area is 161 Å². The van der Waals surface area contributed by atoms with Gasteiger partial charge in [0.2, 0.25) is 0 Å². The molecular formula is C15H31IN4O4. The van der Waals surface area contributed by atoms with Crippen LogP contribution in [0.5, 0.6) is 0 Å². The van der Waals surface area contributed by atoms with E-state index in [2.05, 4.69) is 25.3 Å². The number of esters is 1. The van der Waals surface area contributed by atoms with Gasteiger partial charge in [-0.3, -0.25) is 14.7 Å². The molecule has 0 aliphatic carbocycles. The van der Waals surface area contributed by atoms with Gasteiger partial charge in [-0.25, -0.2) is 0 Å². The number of carbonyl (C=O) groups is 1. The summed E-state index contributed by atoms with van der Waals surface area (Å²) in [7, 11) is 1.37. The Morgan fingerprint density at radius 3 is 2.62 bits per heavy atom. The van der Waals surface area contributed by atoms with Crippen molar-refractivity contribution in [3.8, 4) is 0 Å². The molecule has 142 valence electrons. The van der Waals surface area contributed by atoms with Crippen molar-refractivity contribution in [3.05, 3.63) is 0 Å². The number of nitrogens with one attached hydrogen (secondary N) is 2. The van der Waals surface area contributed by atoms with Crippen LogP contribution in [0.15, 0.2) is 4.99 Å². The quantitative estimate of drug-likeness (QED) is 0.201. The fourth-order valence-electron chi connectivity index (χ4n) is 2.27. The first-order valence-electron chi connectivity index (χ1n) is 8.08. The van der Waals surface area contributed by atoms with E-state index in [0.717, 1.165) is 13.1 Å². The molecule has 9 heteroatoms. The highest BCUT2D eigenvalue weighted by atomic mass is 127. The van der Waals surface area contributed by atoms with Gasteiger partial charge in [0.15, 0.2) is 5.96 Å². The Hall–Kier alpha value is -0.650. The Morgan fingerprint density at radius 2 is 2.04 bits per heavy atom. The van der Waals surface area contributed by atoms with E-state index in [1.54, 1.807) is 6.92 Å². The van der Waals surface area contributed by atoms with Crippen molar-refractivity contribution in [3.63, 3.8) is 0 Å². The first-order chi connectivity index (χ1) is 11.0. The van der Waals surface area contributed by atoms with Crippen LogP contribution >= 0.6 is 24.0 Å². The summed E-state index contributed by atoms with van der Waals surface area (Å²) in [5.41, 5.74) is -0.915. The van der Waals surface area contributed by atoms with Crippen LogP contribution in [0.1, 0.15) is 20.3 Å². The summed E-state index contributed by atoms with van der Waals surface area (Å²) >= 11 is 0. The molecule has 0 amide bonds. The van der Waals surface area contributed by atoms with E-state index in [4.69, 9.17) is 4.74 Å². The number of rotatable bonds is 8. The van der Waals surface area contributed by atoms with E-state index in [1.807, 2.05) is 6.92 Å². The Kier molecular flexibility index (Phi) is 12.3. The summed E-state index contributed by atoms with van der Waals surface area (Å²) in [6, 6.07) is 0. The summed E-state index contributed by atoms with van der Waals surface area (Å²) in [5.74, 6) is 0.311. The van der Waals surface area contributed by atoms with E-state index in [1.165, 1.54) is 7.11 Å². The summed E-state index contributed by atoms with van der Waals surface area (Å²) in [6.45, 7) is 8.79. The van der Waals surface area contributed by atoms with Crippen LogP contribution in [0.2, 0.25) is 0 Å². The van der Waals surface area contributed by atoms with Gasteiger partial charge in [-0.15, -0.1) is 24.0 Å². The van der Waals surface area contributed by atoms with Crippen molar-refractivity contribution in [1.29, 1.82) is 0 Å². The molecule has 0 bridgehead atoms. The lowest BCUT2D eigenvalue weighted by Crippen LogP contribution is -2.48. The second kappa shape index (κ2) is 12.7. The van der Waals surface area contributed by atoms with E-state index in [0.29, 0.717) is 38.8 Å². The highest BCUT2D eigenvalue weighted by Gasteiger charge is 2.25. The van der Waals surface area contributed by atoms with E-state index >= 15 is 0 Å². The molecule has 1 fully saturated rings. The zero-order valence-electron chi connectivity index (χ0n) is 14.8. The van der Waals surface area contributed by atoms with Gasteiger partial charge in [0, 0.05) is 32.7 Å². The van der Waals surface area contributed by atoms with Gasteiger partial charge in [-0.05, 0) is 13.8 Å². The van der Waals surface area contributed by atoms with Crippen molar-refractivity contribution in [1.82, 2.24) is 15.5 Å². The van der Waals surface area contributed by atoms with Crippen molar-refractivity contribution >= 4 is 35.9 Å². The first kappa shape index (κ1) is 23.4. The molecular weight excluding hydrogens is 427 g/mol. The molecule has 0 aromatic heterocycles. The molecule has 0 radical (unpaired) electrons. The molecule has 1 aliphatic heterocycles. The Morgan fingerprint density at radius 1 is 1.38 bits per heavy atom. The Balaban J connectivity index is 0.00000529. The fraction of sp³-hybridized carbons (Fsp3) is 0.867. The van der Waals surface area contributed by atoms with Gasteiger partial charge >= 0.3 is 5.97 Å². The SMILES string of the molecule is CCNC(=NCC(C)(O)CN1CCOCC1)NCCC(=O)OC.I. The van der Waals surface area contributed by atoms with Gasteiger partial charge in [-0.2, -0.15) is 0 Å². The van der Waals surface area contributed by atoms with Gasteiger partial charge in [0.25, 0.3) is 0 Å². The normalized spacial score (nSPS) is 18.2. The van der Waals surface area contributed by atoms with Gasteiger partial charge in [0.1, 0.15) is 0 Å². The minimum Gasteiger partial charge on any atom is -0.469 e. The van der Waals surface area contributed by atoms with Crippen molar-refractivity contribution < 1.29 is 19.4 Å². The number of morpholine rings is 1. The number of hydrogen-bond acceptors (Lipinski definition) is 6. The summed E-state index contributed by atoms with van der Waals surface area (Å²) < 4.78 is 9.90. The average molecular weight is 458 g/mol. The lowest BCUT2D eigenvalue weighted by molar-refractivity contribution is -0.140. The third-order valence-corrected chi connectivity index (χ3v) is 3.44. The second-order valence-corrected chi connectivity index (χ2v) is 5.83. The number of hydrogen-bond donors (Lipinski definition) is 3. The largest absolute Gasteiger partial charge is 0.469 e. The topological polar surface area (TPSA) is 95.4 Å². The molecule has 0 saturated carbocycles. The molecule has 1 saturated heterocycles. The van der Waals surface area contributed by atoms with Crippen LogP contribution in [0.3, 0.4) is 0 Å². The predicted octanol–water partition coefficient (Wildman–Crippen LogP) is -0.194. The molecule has 1 unspecified atom stereocenters. The third-order valence-electron chi connectivity index (χ3n) is 3.44. The Bertz CT molecular complexity index is 388. The molecule has 3 N–H and O–H groups in total. The number of halogens is 1. The fourth-order valence-corrected chi connectivity index (χ4v) is 2.27. The zero-order chi connectivity index (χ0) is 17.1. The number of ether oxygens (including phenoxy) is 2. The number of guanidine groups is 1. The molecule has 0 spiro atoms. The van der Waals surface area contributed by atoms with Crippen LogP contribution in [0.25, 0.3) is 0 Å². The maximum absolute atomic E-state index is 11.1. The molecule has 1 heterocycles. The van der Waals surface area contributed by atoms with Crippen LogP contribution in [-0.2, 0) is 14.3 Å². The minimum atomic E-state index is -0.915. The number of aliphatic hydroxyl groups is 1. The molecule has 8 nitrogen and oxygen atoms in total. The van der Waals surface area contributed by atoms with Crippen molar-refractivity contribution in [2.24, 2.45) is 4.99 Å². The molecule has 0 aromatic rings. The number of aliphatic imine (C=N–C) groups is 1. The molecule has 1 rings (SSSR count). The first-order valence-corrected chi connectivity index (χ1v) is 8.08. The minimum absolute atomic E-state index is 0. The van der Waals surface area contributed by atoms with E-state index in [9.17, 15) is 9.90 Å². The lowest BCUT2D eigenvalue weighted by Gasteiger charge is -2.33. The van der Waals surface area contributed by atoms with Crippen molar-refractivity contribution in [2.75, 3.05) is 59.6 Å². The lowest BCUT2D eigenvalue weighted by atomic mass is 10.1. The van der Waals surface area contributed by atoms with Crippen LogP contribution in [0.4, 0.5) is 0 Å². The zero-order valence-corrected chi connectivity index (χ0v) is 17.2. The highest BCUT2D eigenvalue weighted by molar-refractivity contribution is 14.0. The summed E-state index contributed by atoms with van der Waals surface area (Å²) in [5, 5.41) is 16.7. The second-order valence-electron chi connectivity index (χ2n) is 5.83. The predicted molar refractivity (Wildman–Crippen MR) is 104 cm³/mol. The maximum Gasteiger partial charge on any atom is 0.307 e. The van der Waals surface area contributed by atoms with Crippen LogP contribution in [0, 0.1) is 0 Å². The number of nitrogens with zero attached hydrogens (tertiary/aromatic N) is 2. The number of methoxy groups -OCH3 is 1. The van der Waals surface area contributed by atoms with Crippen LogP contribution < -0.4 is 10.6 Å². The summed E-state index contributed by atoms with van der Waals surface area (Å²) in [6.07, 6.45) is 0.269. The van der Waals surface area contributed by atoms with E-state index < -0.39 is 5.60 Å². The average Bonchev–Trinajstić information content (AvgIpc) is 2.53. The number of carbonyl (C=O) groups excluding carboxylic acids is 1. The third kappa shape index (κ3) is 10.3.